The van der Waals surface area contributed by atoms with Crippen molar-refractivity contribution in [1.82, 2.24) is 25.8 Å². The number of carbonyl (C=O) groups is 1. The first-order chi connectivity index (χ1) is 10.7. The number of aromatic nitrogens is 3. The van der Waals surface area contributed by atoms with Crippen LogP contribution in [0.25, 0.3) is 11.4 Å². The molecule has 0 saturated carbocycles. The van der Waals surface area contributed by atoms with E-state index in [4.69, 9.17) is 4.52 Å². The Morgan fingerprint density at radius 2 is 2.27 bits per heavy atom. The molecule has 2 aliphatic rings. The van der Waals surface area contributed by atoms with E-state index in [1.54, 1.807) is 0 Å². The van der Waals surface area contributed by atoms with Gasteiger partial charge in [-0.25, -0.2) is 0 Å². The summed E-state index contributed by atoms with van der Waals surface area (Å²) in [6, 6.07) is -0.164. The predicted molar refractivity (Wildman–Crippen MR) is 77.8 cm³/mol. The van der Waals surface area contributed by atoms with Crippen molar-refractivity contribution < 1.29 is 9.32 Å². The molecule has 4 rings (SSSR count). The smallest absolute Gasteiger partial charge is 0.249 e. The van der Waals surface area contributed by atoms with Crippen LogP contribution >= 0.6 is 0 Å². The van der Waals surface area contributed by atoms with Crippen molar-refractivity contribution in [2.24, 2.45) is 0 Å². The summed E-state index contributed by atoms with van der Waals surface area (Å²) in [6.07, 6.45) is 4.06. The number of amides is 1. The second kappa shape index (κ2) is 5.17. The molecular formula is C15H17N5O2. The number of nitrogens with zero attached hydrogens (tertiary/aromatic N) is 3. The van der Waals surface area contributed by atoms with Crippen molar-refractivity contribution in [3.63, 3.8) is 0 Å². The molecule has 1 atom stereocenters. The van der Waals surface area contributed by atoms with Crippen LogP contribution in [0.3, 0.4) is 0 Å². The van der Waals surface area contributed by atoms with Crippen LogP contribution in [0.5, 0.6) is 0 Å². The largest absolute Gasteiger partial charge is 0.344 e. The number of hydrogen-bond donors (Lipinski definition) is 2. The molecule has 2 aromatic rings. The highest BCUT2D eigenvalue weighted by Crippen LogP contribution is 2.30. The maximum absolute atomic E-state index is 11.3. The zero-order valence-electron chi connectivity index (χ0n) is 12.3. The van der Waals surface area contributed by atoms with E-state index in [0.29, 0.717) is 24.6 Å². The van der Waals surface area contributed by atoms with E-state index in [0.717, 1.165) is 30.8 Å². The summed E-state index contributed by atoms with van der Waals surface area (Å²) >= 11 is 0. The monoisotopic (exact) mass is 299 g/mol. The van der Waals surface area contributed by atoms with Gasteiger partial charge in [-0.05, 0) is 37.4 Å². The van der Waals surface area contributed by atoms with Crippen LogP contribution in [-0.2, 0) is 17.8 Å². The Bertz CT molecular complexity index is 740. The van der Waals surface area contributed by atoms with E-state index in [2.05, 4.69) is 25.8 Å². The Morgan fingerprint density at radius 3 is 3.09 bits per heavy atom. The lowest BCUT2D eigenvalue weighted by Crippen LogP contribution is -2.25. The molecule has 0 radical (unpaired) electrons. The molecule has 0 aromatic carbocycles. The zero-order valence-corrected chi connectivity index (χ0v) is 12.3. The highest BCUT2D eigenvalue weighted by Gasteiger charge is 2.28. The Morgan fingerprint density at radius 1 is 1.36 bits per heavy atom. The van der Waals surface area contributed by atoms with Gasteiger partial charge in [0.2, 0.25) is 17.6 Å². The highest BCUT2D eigenvalue weighted by atomic mass is 16.5. The lowest BCUT2D eigenvalue weighted by molar-refractivity contribution is -0.119. The minimum absolute atomic E-state index is 0.0331. The van der Waals surface area contributed by atoms with E-state index in [-0.39, 0.29) is 11.9 Å². The first-order valence-electron chi connectivity index (χ1n) is 7.54. The molecule has 1 saturated heterocycles. The normalized spacial score (nSPS) is 20.8. The lowest BCUT2D eigenvalue weighted by atomic mass is 9.95. The van der Waals surface area contributed by atoms with Crippen molar-refractivity contribution in [3.05, 3.63) is 28.9 Å². The number of rotatable bonds is 2. The van der Waals surface area contributed by atoms with E-state index in [1.807, 2.05) is 13.1 Å². The lowest BCUT2D eigenvalue weighted by Gasteiger charge is -2.19. The topological polar surface area (TPSA) is 92.9 Å². The zero-order chi connectivity index (χ0) is 15.1. The summed E-state index contributed by atoms with van der Waals surface area (Å²) in [5.74, 6) is 1.08. The molecule has 4 heterocycles. The standard InChI is InChI=1S/C15H17N5O2/c1-8-13(10-4-5-16-6-9(10)7-17-8)14-19-15(22-20-14)11-2-3-12(21)18-11/h7,11,16H,2-6H2,1H3,(H,18,21). The number of pyridine rings is 1. The average molecular weight is 299 g/mol. The van der Waals surface area contributed by atoms with Gasteiger partial charge in [0.15, 0.2) is 0 Å². The molecule has 0 aliphatic carbocycles. The molecule has 22 heavy (non-hydrogen) atoms. The van der Waals surface area contributed by atoms with Gasteiger partial charge < -0.3 is 15.2 Å². The fourth-order valence-corrected chi connectivity index (χ4v) is 3.14. The van der Waals surface area contributed by atoms with E-state index < -0.39 is 0 Å². The highest BCUT2D eigenvalue weighted by molar-refractivity contribution is 5.78. The Balaban J connectivity index is 1.73. The molecule has 0 bridgehead atoms. The van der Waals surface area contributed by atoms with Crippen LogP contribution in [0.2, 0.25) is 0 Å². The van der Waals surface area contributed by atoms with Crippen molar-refractivity contribution >= 4 is 5.91 Å². The van der Waals surface area contributed by atoms with Crippen LogP contribution in [0.1, 0.15) is 41.6 Å². The molecule has 7 nitrogen and oxygen atoms in total. The van der Waals surface area contributed by atoms with Gasteiger partial charge in [-0.3, -0.25) is 9.78 Å². The van der Waals surface area contributed by atoms with Crippen molar-refractivity contribution in [3.8, 4) is 11.4 Å². The van der Waals surface area contributed by atoms with Crippen LogP contribution in [0, 0.1) is 6.92 Å². The predicted octanol–water partition coefficient (Wildman–Crippen LogP) is 1.04. The van der Waals surface area contributed by atoms with Gasteiger partial charge in [0.1, 0.15) is 6.04 Å². The number of carbonyl (C=O) groups excluding carboxylic acids is 1. The SMILES string of the molecule is Cc1ncc2c(c1-c1noc(C3CCC(=O)N3)n1)CCNC2. The van der Waals surface area contributed by atoms with Gasteiger partial charge in [-0.2, -0.15) is 4.98 Å². The number of hydrogen-bond acceptors (Lipinski definition) is 6. The Labute approximate surface area is 127 Å². The second-order valence-electron chi connectivity index (χ2n) is 5.76. The first kappa shape index (κ1) is 13.4. The van der Waals surface area contributed by atoms with Gasteiger partial charge in [0, 0.05) is 30.4 Å². The summed E-state index contributed by atoms with van der Waals surface area (Å²) in [6.45, 7) is 3.72. The molecule has 1 unspecified atom stereocenters. The molecule has 2 aliphatic heterocycles. The number of fused-ring (bicyclic) bond motifs is 1. The summed E-state index contributed by atoms with van der Waals surface area (Å²) in [5.41, 5.74) is 4.31. The second-order valence-corrected chi connectivity index (χ2v) is 5.76. The third-order valence-corrected chi connectivity index (χ3v) is 4.29. The quantitative estimate of drug-likeness (QED) is 0.860. The molecule has 2 N–H and O–H groups in total. The van der Waals surface area contributed by atoms with Gasteiger partial charge in [-0.1, -0.05) is 5.16 Å². The van der Waals surface area contributed by atoms with Crippen molar-refractivity contribution in [2.75, 3.05) is 6.54 Å². The van der Waals surface area contributed by atoms with Crippen molar-refractivity contribution in [2.45, 2.75) is 38.8 Å². The average Bonchev–Trinajstić information content (AvgIpc) is 3.16. The number of aryl methyl sites for hydroxylation is 1. The summed E-state index contributed by atoms with van der Waals surface area (Å²) in [4.78, 5) is 20.3. The first-order valence-corrected chi connectivity index (χ1v) is 7.54. The fourth-order valence-electron chi connectivity index (χ4n) is 3.14. The molecule has 7 heteroatoms. The van der Waals surface area contributed by atoms with Crippen molar-refractivity contribution in [1.29, 1.82) is 0 Å². The minimum Gasteiger partial charge on any atom is -0.344 e. The molecule has 0 spiro atoms. The summed E-state index contributed by atoms with van der Waals surface area (Å²) in [5, 5.41) is 10.3. The van der Waals surface area contributed by atoms with E-state index in [1.165, 1.54) is 11.1 Å². The maximum atomic E-state index is 11.3. The summed E-state index contributed by atoms with van der Waals surface area (Å²) < 4.78 is 5.38. The molecule has 1 fully saturated rings. The van der Waals surface area contributed by atoms with Gasteiger partial charge in [0.25, 0.3) is 0 Å². The van der Waals surface area contributed by atoms with Gasteiger partial charge in [0.05, 0.1) is 0 Å². The third-order valence-electron chi connectivity index (χ3n) is 4.29. The molecular weight excluding hydrogens is 282 g/mol. The van der Waals surface area contributed by atoms with Gasteiger partial charge >= 0.3 is 0 Å². The molecule has 2 aromatic heterocycles. The Kier molecular flexibility index (Phi) is 3.15. The molecule has 1 amide bonds. The van der Waals surface area contributed by atoms with Gasteiger partial charge in [-0.15, -0.1) is 0 Å². The van der Waals surface area contributed by atoms with Crippen LogP contribution in [-0.4, -0.2) is 27.6 Å². The van der Waals surface area contributed by atoms with Crippen LogP contribution in [0.15, 0.2) is 10.7 Å². The minimum atomic E-state index is -0.164. The Hall–Kier alpha value is -2.28. The number of nitrogens with one attached hydrogen (secondary N) is 2. The van der Waals surface area contributed by atoms with Crippen LogP contribution in [0.4, 0.5) is 0 Å². The van der Waals surface area contributed by atoms with E-state index in [9.17, 15) is 4.79 Å². The van der Waals surface area contributed by atoms with E-state index >= 15 is 0 Å². The fraction of sp³-hybridized carbons (Fsp3) is 0.467. The molecule has 114 valence electrons. The maximum Gasteiger partial charge on any atom is 0.249 e. The summed E-state index contributed by atoms with van der Waals surface area (Å²) in [7, 11) is 0. The third kappa shape index (κ3) is 2.18. The van der Waals surface area contributed by atoms with Crippen LogP contribution < -0.4 is 10.6 Å².